The van der Waals surface area contributed by atoms with Crippen molar-refractivity contribution in [2.45, 2.75) is 25.0 Å². The number of hydrogen-bond donors (Lipinski definition) is 2. The highest BCUT2D eigenvalue weighted by atomic mass is 32.1. The van der Waals surface area contributed by atoms with Gasteiger partial charge in [-0.15, -0.1) is 11.3 Å². The molecule has 0 aromatic carbocycles. The Hall–Kier alpha value is -1.01. The van der Waals surface area contributed by atoms with E-state index in [1.807, 2.05) is 12.3 Å². The molecule has 2 aromatic heterocycles. The lowest BCUT2D eigenvalue weighted by atomic mass is 10.0. The summed E-state index contributed by atoms with van der Waals surface area (Å²) >= 11 is 1.70. The summed E-state index contributed by atoms with van der Waals surface area (Å²) in [5.41, 5.74) is 1.48. The highest BCUT2D eigenvalue weighted by Gasteiger charge is 2.32. The van der Waals surface area contributed by atoms with Gasteiger partial charge in [-0.05, 0) is 30.0 Å². The van der Waals surface area contributed by atoms with Gasteiger partial charge in [0.15, 0.2) is 0 Å². The monoisotopic (exact) mass is 278 g/mol. The van der Waals surface area contributed by atoms with Crippen molar-refractivity contribution in [3.8, 4) is 0 Å². The van der Waals surface area contributed by atoms with Gasteiger partial charge in [0.25, 0.3) is 0 Å². The van der Waals surface area contributed by atoms with Gasteiger partial charge in [0.05, 0.1) is 16.8 Å². The number of pyridine rings is 1. The fraction of sp³-hybridized carbons (Fsp3) is 0.500. The molecule has 4 nitrogen and oxygen atoms in total. The molecule has 0 amide bonds. The van der Waals surface area contributed by atoms with Gasteiger partial charge in [-0.1, -0.05) is 0 Å². The molecule has 102 valence electrons. The lowest BCUT2D eigenvalue weighted by molar-refractivity contribution is 0.0252. The first kappa shape index (κ1) is 13.0. The molecule has 0 saturated carbocycles. The molecule has 0 spiro atoms. The van der Waals surface area contributed by atoms with Crippen LogP contribution in [0.15, 0.2) is 23.7 Å². The molecule has 2 N–H and O–H groups in total. The number of fused-ring (bicyclic) bond motifs is 1. The number of aromatic nitrogens is 1. The summed E-state index contributed by atoms with van der Waals surface area (Å²) in [6.07, 6.45) is 2.61. The van der Waals surface area contributed by atoms with E-state index in [0.717, 1.165) is 11.1 Å². The van der Waals surface area contributed by atoms with Crippen molar-refractivity contribution >= 4 is 21.6 Å². The van der Waals surface area contributed by atoms with Gasteiger partial charge in [0.1, 0.15) is 5.60 Å². The molecule has 1 aliphatic rings. The van der Waals surface area contributed by atoms with E-state index in [0.29, 0.717) is 26.2 Å². The van der Waals surface area contributed by atoms with E-state index in [2.05, 4.69) is 28.7 Å². The van der Waals surface area contributed by atoms with Crippen molar-refractivity contribution in [1.29, 1.82) is 0 Å². The highest BCUT2D eigenvalue weighted by molar-refractivity contribution is 7.17. The second-order valence-corrected chi connectivity index (χ2v) is 6.15. The van der Waals surface area contributed by atoms with Gasteiger partial charge in [-0.25, -0.2) is 0 Å². The van der Waals surface area contributed by atoms with Crippen molar-refractivity contribution in [2.24, 2.45) is 0 Å². The number of thiophene rings is 1. The largest absolute Gasteiger partial charge is 0.386 e. The Morgan fingerprint density at radius 3 is 3.32 bits per heavy atom. The molecule has 0 bridgehead atoms. The average molecular weight is 278 g/mol. The van der Waals surface area contributed by atoms with Crippen LogP contribution in [0.1, 0.15) is 24.9 Å². The van der Waals surface area contributed by atoms with Crippen LogP contribution in [-0.2, 0) is 4.74 Å². The molecule has 2 unspecified atom stereocenters. The fourth-order valence-corrected chi connectivity index (χ4v) is 3.08. The number of ether oxygens (including phenoxy) is 1. The van der Waals surface area contributed by atoms with Crippen molar-refractivity contribution in [3.63, 3.8) is 0 Å². The summed E-state index contributed by atoms with van der Waals surface area (Å²) in [6.45, 7) is 3.72. The van der Waals surface area contributed by atoms with Crippen LogP contribution >= 0.6 is 11.3 Å². The zero-order chi connectivity index (χ0) is 13.3. The smallest absolute Gasteiger partial charge is 0.103 e. The van der Waals surface area contributed by atoms with Gasteiger partial charge >= 0.3 is 0 Å². The van der Waals surface area contributed by atoms with Gasteiger partial charge < -0.3 is 15.2 Å². The lowest BCUT2D eigenvalue weighted by Gasteiger charge is -2.23. The van der Waals surface area contributed by atoms with Crippen molar-refractivity contribution in [2.75, 3.05) is 19.8 Å². The summed E-state index contributed by atoms with van der Waals surface area (Å²) in [5, 5.41) is 15.7. The summed E-state index contributed by atoms with van der Waals surface area (Å²) < 4.78 is 6.45. The zero-order valence-corrected chi connectivity index (χ0v) is 11.7. The number of nitrogens with one attached hydrogen (secondary N) is 1. The van der Waals surface area contributed by atoms with Gasteiger partial charge in [0.2, 0.25) is 0 Å². The minimum atomic E-state index is -0.714. The van der Waals surface area contributed by atoms with Gasteiger partial charge in [-0.2, -0.15) is 0 Å². The zero-order valence-electron chi connectivity index (χ0n) is 10.9. The Balaban J connectivity index is 1.67. The highest BCUT2D eigenvalue weighted by Crippen LogP contribution is 2.23. The normalized spacial score (nSPS) is 24.9. The molecule has 0 radical (unpaired) electrons. The first-order valence-corrected chi connectivity index (χ1v) is 7.41. The quantitative estimate of drug-likeness (QED) is 0.899. The van der Waals surface area contributed by atoms with Crippen LogP contribution in [0.4, 0.5) is 0 Å². The second kappa shape index (κ2) is 5.17. The molecule has 2 aromatic rings. The number of hydrogen-bond acceptors (Lipinski definition) is 5. The van der Waals surface area contributed by atoms with Gasteiger partial charge in [0, 0.05) is 31.8 Å². The summed E-state index contributed by atoms with van der Waals surface area (Å²) in [6, 6.07) is 4.36. The fourth-order valence-electron chi connectivity index (χ4n) is 2.30. The third-order valence-electron chi connectivity index (χ3n) is 3.64. The summed E-state index contributed by atoms with van der Waals surface area (Å²) in [5.74, 6) is 0. The van der Waals surface area contributed by atoms with Crippen LogP contribution in [0.3, 0.4) is 0 Å². The van der Waals surface area contributed by atoms with Crippen LogP contribution in [0, 0.1) is 0 Å². The molecule has 3 rings (SSSR count). The Morgan fingerprint density at radius 2 is 2.53 bits per heavy atom. The van der Waals surface area contributed by atoms with Gasteiger partial charge in [-0.3, -0.25) is 4.98 Å². The minimum Gasteiger partial charge on any atom is -0.386 e. The second-order valence-electron chi connectivity index (χ2n) is 5.20. The van der Waals surface area contributed by atoms with E-state index < -0.39 is 5.60 Å². The standard InChI is InChI=1S/C14H18N2O2S/c1-10(16-8-14(17)3-4-18-9-14)11-6-13-12(15-7-11)2-5-19-13/h2,5-7,10,16-17H,3-4,8-9H2,1H3. The van der Waals surface area contributed by atoms with Crippen molar-refractivity contribution in [1.82, 2.24) is 10.3 Å². The third kappa shape index (κ3) is 2.79. The van der Waals surface area contributed by atoms with E-state index >= 15 is 0 Å². The molecular weight excluding hydrogens is 260 g/mol. The predicted molar refractivity (Wildman–Crippen MR) is 76.4 cm³/mol. The first-order valence-electron chi connectivity index (χ1n) is 6.53. The number of aliphatic hydroxyl groups is 1. The molecular formula is C14H18N2O2S. The van der Waals surface area contributed by atoms with E-state index in [1.165, 1.54) is 4.70 Å². The summed E-state index contributed by atoms with van der Waals surface area (Å²) in [7, 11) is 0. The molecule has 19 heavy (non-hydrogen) atoms. The molecule has 2 atom stereocenters. The predicted octanol–water partition coefficient (Wildman–Crippen LogP) is 2.10. The molecule has 1 aliphatic heterocycles. The topological polar surface area (TPSA) is 54.4 Å². The van der Waals surface area contributed by atoms with Crippen LogP contribution < -0.4 is 5.32 Å². The molecule has 5 heteroatoms. The Kier molecular flexibility index (Phi) is 3.54. The third-order valence-corrected chi connectivity index (χ3v) is 4.50. The maximum Gasteiger partial charge on any atom is 0.103 e. The van der Waals surface area contributed by atoms with Crippen LogP contribution in [0.5, 0.6) is 0 Å². The summed E-state index contributed by atoms with van der Waals surface area (Å²) in [4.78, 5) is 4.44. The number of nitrogens with zero attached hydrogens (tertiary/aromatic N) is 1. The van der Waals surface area contributed by atoms with E-state index in [4.69, 9.17) is 4.74 Å². The van der Waals surface area contributed by atoms with Crippen LogP contribution in [-0.4, -0.2) is 35.5 Å². The van der Waals surface area contributed by atoms with E-state index in [9.17, 15) is 5.11 Å². The minimum absolute atomic E-state index is 0.170. The van der Waals surface area contributed by atoms with Crippen molar-refractivity contribution < 1.29 is 9.84 Å². The maximum atomic E-state index is 10.2. The Morgan fingerprint density at radius 1 is 1.63 bits per heavy atom. The number of rotatable bonds is 4. The lowest BCUT2D eigenvalue weighted by Crippen LogP contribution is -2.41. The van der Waals surface area contributed by atoms with E-state index in [-0.39, 0.29) is 6.04 Å². The maximum absolute atomic E-state index is 10.2. The molecule has 1 fully saturated rings. The van der Waals surface area contributed by atoms with Crippen LogP contribution in [0.2, 0.25) is 0 Å². The Labute approximate surface area is 116 Å². The molecule has 1 saturated heterocycles. The van der Waals surface area contributed by atoms with E-state index in [1.54, 1.807) is 11.3 Å². The average Bonchev–Trinajstić information content (AvgIpc) is 3.04. The SMILES string of the molecule is CC(NCC1(O)CCOC1)c1cnc2ccsc2c1. The molecule has 0 aliphatic carbocycles. The molecule has 3 heterocycles. The van der Waals surface area contributed by atoms with Crippen molar-refractivity contribution in [3.05, 3.63) is 29.3 Å². The Bertz CT molecular complexity index is 563. The van der Waals surface area contributed by atoms with Crippen LogP contribution in [0.25, 0.3) is 10.2 Å². The first-order chi connectivity index (χ1) is 9.16.